The number of aryl methyl sites for hydroxylation is 1. The Kier molecular flexibility index (Phi) is 4.21. The van der Waals surface area contributed by atoms with Gasteiger partial charge in [0.2, 0.25) is 0 Å². The van der Waals surface area contributed by atoms with E-state index < -0.39 is 10.0 Å². The summed E-state index contributed by atoms with van der Waals surface area (Å²) in [6.45, 7) is 1.83. The molecule has 20 heavy (non-hydrogen) atoms. The first-order valence-electron chi connectivity index (χ1n) is 5.49. The van der Waals surface area contributed by atoms with Gasteiger partial charge >= 0.3 is 0 Å². The molecule has 106 valence electrons. The summed E-state index contributed by atoms with van der Waals surface area (Å²) < 4.78 is 27.7. The van der Waals surface area contributed by atoms with Gasteiger partial charge in [0.25, 0.3) is 10.0 Å². The van der Waals surface area contributed by atoms with Gasteiger partial charge in [0.15, 0.2) is 0 Å². The van der Waals surface area contributed by atoms with E-state index in [9.17, 15) is 8.42 Å². The van der Waals surface area contributed by atoms with Crippen molar-refractivity contribution >= 4 is 37.5 Å². The summed E-state index contributed by atoms with van der Waals surface area (Å²) in [6.07, 6.45) is 4.18. The maximum atomic E-state index is 12.3. The first kappa shape index (κ1) is 14.7. The second-order valence-corrected chi connectivity index (χ2v) is 6.45. The average molecular weight is 358 g/mol. The number of hydrazine groups is 1. The molecule has 0 aliphatic carbocycles. The minimum absolute atomic E-state index is 0.0510. The average Bonchev–Trinajstić information content (AvgIpc) is 2.42. The molecule has 0 saturated carbocycles. The number of aromatic nitrogens is 2. The van der Waals surface area contributed by atoms with Crippen molar-refractivity contribution in [2.24, 2.45) is 5.84 Å². The summed E-state index contributed by atoms with van der Waals surface area (Å²) >= 11 is 3.30. The zero-order valence-corrected chi connectivity index (χ0v) is 12.9. The van der Waals surface area contributed by atoms with Crippen molar-refractivity contribution in [1.82, 2.24) is 9.97 Å². The van der Waals surface area contributed by atoms with E-state index in [4.69, 9.17) is 5.84 Å². The quantitative estimate of drug-likeness (QED) is 0.566. The molecule has 0 bridgehead atoms. The van der Waals surface area contributed by atoms with Crippen molar-refractivity contribution < 1.29 is 8.42 Å². The molecule has 2 aromatic heterocycles. The molecule has 0 aliphatic heterocycles. The fourth-order valence-electron chi connectivity index (χ4n) is 1.50. The number of hydrogen-bond acceptors (Lipinski definition) is 6. The zero-order chi connectivity index (χ0) is 14.8. The van der Waals surface area contributed by atoms with Crippen molar-refractivity contribution in [3.8, 4) is 0 Å². The van der Waals surface area contributed by atoms with Crippen LogP contribution in [0.4, 0.5) is 11.5 Å². The van der Waals surface area contributed by atoms with Gasteiger partial charge in [0, 0.05) is 23.1 Å². The Morgan fingerprint density at radius 1 is 1.35 bits per heavy atom. The summed E-state index contributed by atoms with van der Waals surface area (Å²) in [5.41, 5.74) is 3.43. The molecule has 2 aromatic rings. The van der Waals surface area contributed by atoms with E-state index in [1.165, 1.54) is 24.7 Å². The Balaban J connectivity index is 2.38. The van der Waals surface area contributed by atoms with Crippen LogP contribution >= 0.6 is 15.9 Å². The highest BCUT2D eigenvalue weighted by molar-refractivity contribution is 9.10. The van der Waals surface area contributed by atoms with Crippen LogP contribution in [0.2, 0.25) is 0 Å². The molecule has 7 nitrogen and oxygen atoms in total. The maximum absolute atomic E-state index is 12.3. The van der Waals surface area contributed by atoms with Crippen LogP contribution in [0.5, 0.6) is 0 Å². The number of nitrogens with two attached hydrogens (primary N) is 1. The predicted octanol–water partition coefficient (Wildman–Crippen LogP) is 1.63. The van der Waals surface area contributed by atoms with Gasteiger partial charge in [0.05, 0.1) is 5.69 Å². The predicted molar refractivity (Wildman–Crippen MR) is 79.5 cm³/mol. The standard InChI is InChI=1S/C11H12BrN5O2S/c1-7-4-11(15-5-8(7)12)17-20(18,19)10-6-14-3-2-9(10)16-13/h2-6H,13H2,1H3,(H,14,16)(H,15,17). The molecule has 0 aromatic carbocycles. The molecule has 2 rings (SSSR count). The molecule has 0 fully saturated rings. The SMILES string of the molecule is Cc1cc(NS(=O)(=O)c2cnccc2NN)ncc1Br. The molecule has 0 radical (unpaired) electrons. The van der Waals surface area contributed by atoms with Crippen LogP contribution < -0.4 is 16.0 Å². The number of pyridine rings is 2. The van der Waals surface area contributed by atoms with Crippen molar-refractivity contribution in [1.29, 1.82) is 0 Å². The number of halogens is 1. The number of anilines is 2. The van der Waals surface area contributed by atoms with Crippen LogP contribution in [0, 0.1) is 6.92 Å². The Morgan fingerprint density at radius 2 is 2.10 bits per heavy atom. The number of sulfonamides is 1. The highest BCUT2D eigenvalue weighted by atomic mass is 79.9. The van der Waals surface area contributed by atoms with Gasteiger partial charge in [-0.15, -0.1) is 0 Å². The van der Waals surface area contributed by atoms with E-state index in [2.05, 4.69) is 36.0 Å². The monoisotopic (exact) mass is 357 g/mol. The van der Waals surface area contributed by atoms with Gasteiger partial charge in [0.1, 0.15) is 10.7 Å². The first-order valence-corrected chi connectivity index (χ1v) is 7.77. The molecule has 0 aliphatic rings. The van der Waals surface area contributed by atoms with E-state index in [-0.39, 0.29) is 16.4 Å². The first-order chi connectivity index (χ1) is 9.44. The molecule has 9 heteroatoms. The van der Waals surface area contributed by atoms with Crippen molar-refractivity contribution in [2.75, 3.05) is 10.1 Å². The molecule has 2 heterocycles. The molecule has 0 atom stereocenters. The van der Waals surface area contributed by atoms with Crippen LogP contribution in [0.1, 0.15) is 5.56 Å². The highest BCUT2D eigenvalue weighted by Crippen LogP contribution is 2.23. The van der Waals surface area contributed by atoms with Gasteiger partial charge in [-0.05, 0) is 40.5 Å². The number of nitrogen functional groups attached to an aromatic ring is 1. The second kappa shape index (κ2) is 5.73. The molecule has 0 saturated heterocycles. The van der Waals surface area contributed by atoms with Gasteiger partial charge in [-0.25, -0.2) is 13.4 Å². The van der Waals surface area contributed by atoms with Crippen molar-refractivity contribution in [3.05, 3.63) is 40.8 Å². The maximum Gasteiger partial charge on any atom is 0.266 e. The van der Waals surface area contributed by atoms with E-state index in [0.29, 0.717) is 0 Å². The van der Waals surface area contributed by atoms with Gasteiger partial charge in [-0.1, -0.05) is 0 Å². The Bertz CT molecular complexity index is 735. The van der Waals surface area contributed by atoms with Gasteiger partial charge in [-0.3, -0.25) is 15.5 Å². The van der Waals surface area contributed by atoms with Crippen LogP contribution in [0.3, 0.4) is 0 Å². The number of nitrogens with one attached hydrogen (secondary N) is 2. The molecular weight excluding hydrogens is 346 g/mol. The summed E-state index contributed by atoms with van der Waals surface area (Å²) in [4.78, 5) is 7.74. The Morgan fingerprint density at radius 3 is 2.75 bits per heavy atom. The Hall–Kier alpha value is -1.71. The van der Waals surface area contributed by atoms with Gasteiger partial charge in [-0.2, -0.15) is 0 Å². The number of hydrogen-bond donors (Lipinski definition) is 3. The highest BCUT2D eigenvalue weighted by Gasteiger charge is 2.19. The fourth-order valence-corrected chi connectivity index (χ4v) is 2.83. The third-order valence-corrected chi connectivity index (χ3v) is 4.73. The van der Waals surface area contributed by atoms with Gasteiger partial charge < -0.3 is 5.43 Å². The third kappa shape index (κ3) is 3.06. The van der Waals surface area contributed by atoms with E-state index in [0.717, 1.165) is 10.0 Å². The lowest BCUT2D eigenvalue weighted by Crippen LogP contribution is -2.18. The molecule has 0 spiro atoms. The fraction of sp³-hybridized carbons (Fsp3) is 0.0909. The third-order valence-electron chi connectivity index (χ3n) is 2.52. The Labute approximate surface area is 124 Å². The molecule has 0 unspecified atom stereocenters. The molecule has 0 amide bonds. The number of rotatable bonds is 4. The largest absolute Gasteiger partial charge is 0.323 e. The minimum atomic E-state index is -3.82. The normalized spacial score (nSPS) is 11.2. The van der Waals surface area contributed by atoms with Crippen LogP contribution in [-0.4, -0.2) is 18.4 Å². The van der Waals surface area contributed by atoms with Crippen LogP contribution in [0.15, 0.2) is 40.1 Å². The second-order valence-electron chi connectivity index (χ2n) is 3.94. The zero-order valence-electron chi connectivity index (χ0n) is 10.5. The summed E-state index contributed by atoms with van der Waals surface area (Å²) in [6, 6.07) is 3.09. The molecule has 4 N–H and O–H groups in total. The summed E-state index contributed by atoms with van der Waals surface area (Å²) in [5.74, 6) is 5.51. The summed E-state index contributed by atoms with van der Waals surface area (Å²) in [5, 5.41) is 0. The molecular formula is C11H12BrN5O2S. The lowest BCUT2D eigenvalue weighted by molar-refractivity contribution is 0.601. The topological polar surface area (TPSA) is 110 Å². The van der Waals surface area contributed by atoms with E-state index in [1.807, 2.05) is 6.92 Å². The van der Waals surface area contributed by atoms with Crippen molar-refractivity contribution in [2.45, 2.75) is 11.8 Å². The lowest BCUT2D eigenvalue weighted by atomic mass is 10.3. The van der Waals surface area contributed by atoms with E-state index >= 15 is 0 Å². The smallest absolute Gasteiger partial charge is 0.266 e. The number of nitrogens with zero attached hydrogens (tertiary/aromatic N) is 2. The summed E-state index contributed by atoms with van der Waals surface area (Å²) in [7, 11) is -3.82. The lowest BCUT2D eigenvalue weighted by Gasteiger charge is -2.11. The minimum Gasteiger partial charge on any atom is -0.323 e. The van der Waals surface area contributed by atoms with Crippen molar-refractivity contribution in [3.63, 3.8) is 0 Å². The van der Waals surface area contributed by atoms with E-state index in [1.54, 1.807) is 6.07 Å². The van der Waals surface area contributed by atoms with Crippen LogP contribution in [0.25, 0.3) is 0 Å². The van der Waals surface area contributed by atoms with Crippen LogP contribution in [-0.2, 0) is 10.0 Å².